The summed E-state index contributed by atoms with van der Waals surface area (Å²) < 4.78 is 0. The summed E-state index contributed by atoms with van der Waals surface area (Å²) in [7, 11) is 1.81. The van der Waals surface area contributed by atoms with Gasteiger partial charge in [0.25, 0.3) is 5.91 Å². The molecule has 0 spiro atoms. The number of piperazine rings is 1. The molecule has 2 aliphatic rings. The first-order valence-corrected chi connectivity index (χ1v) is 10.9. The Bertz CT molecular complexity index is 910. The second-order valence-electron chi connectivity index (χ2n) is 8.87. The number of rotatable bonds is 5. The van der Waals surface area contributed by atoms with Crippen molar-refractivity contribution >= 4 is 17.4 Å². The summed E-state index contributed by atoms with van der Waals surface area (Å²) in [5, 5.41) is 0. The van der Waals surface area contributed by atoms with Crippen LogP contribution in [0.25, 0.3) is 5.57 Å². The lowest BCUT2D eigenvalue weighted by atomic mass is 9.79. The molecule has 2 atom stereocenters. The van der Waals surface area contributed by atoms with E-state index in [1.165, 1.54) is 0 Å². The highest BCUT2D eigenvalue weighted by Gasteiger charge is 2.55. The van der Waals surface area contributed by atoms with E-state index in [2.05, 4.69) is 44.2 Å². The molecule has 4 rings (SSSR count). The highest BCUT2D eigenvalue weighted by Crippen LogP contribution is 2.39. The topological polar surface area (TPSA) is 40.6 Å². The Hall–Kier alpha value is -2.88. The summed E-state index contributed by atoms with van der Waals surface area (Å²) in [6.07, 6.45) is 4.31. The van der Waals surface area contributed by atoms with Gasteiger partial charge < -0.3 is 9.80 Å². The Balaban J connectivity index is 1.93. The summed E-state index contributed by atoms with van der Waals surface area (Å²) >= 11 is 0. The first kappa shape index (κ1) is 20.4. The van der Waals surface area contributed by atoms with E-state index in [1.54, 1.807) is 4.90 Å². The van der Waals surface area contributed by atoms with Crippen molar-refractivity contribution in [2.24, 2.45) is 5.92 Å². The van der Waals surface area contributed by atoms with Gasteiger partial charge in [0.1, 0.15) is 11.6 Å². The number of amides is 2. The van der Waals surface area contributed by atoms with Gasteiger partial charge in [-0.15, -0.1) is 0 Å². The highest BCUT2D eigenvalue weighted by molar-refractivity contribution is 6.03. The molecule has 0 saturated carbocycles. The third-order valence-electron chi connectivity index (χ3n) is 6.37. The smallest absolute Gasteiger partial charge is 0.253 e. The fourth-order valence-corrected chi connectivity index (χ4v) is 4.95. The van der Waals surface area contributed by atoms with Crippen LogP contribution in [0.15, 0.2) is 66.7 Å². The van der Waals surface area contributed by atoms with Gasteiger partial charge in [0.15, 0.2) is 0 Å². The van der Waals surface area contributed by atoms with E-state index in [0.29, 0.717) is 13.0 Å². The average molecular weight is 403 g/mol. The number of likely N-dealkylation sites (N-methyl/N-ethyl adjacent to an activating group) is 1. The van der Waals surface area contributed by atoms with E-state index < -0.39 is 5.54 Å². The molecule has 156 valence electrons. The molecule has 2 aromatic carbocycles. The lowest BCUT2D eigenvalue weighted by Gasteiger charge is -2.49. The summed E-state index contributed by atoms with van der Waals surface area (Å²) in [5.74, 6) is 0.377. The van der Waals surface area contributed by atoms with Crippen LogP contribution in [0.5, 0.6) is 0 Å². The van der Waals surface area contributed by atoms with E-state index in [9.17, 15) is 9.59 Å². The van der Waals surface area contributed by atoms with E-state index in [0.717, 1.165) is 29.5 Å². The molecule has 2 saturated heterocycles. The highest BCUT2D eigenvalue weighted by atomic mass is 16.2. The summed E-state index contributed by atoms with van der Waals surface area (Å²) in [5.41, 5.74) is 2.10. The van der Waals surface area contributed by atoms with Crippen molar-refractivity contribution in [3.05, 3.63) is 77.9 Å². The molecule has 0 N–H and O–H groups in total. The van der Waals surface area contributed by atoms with Crippen molar-refractivity contribution in [1.82, 2.24) is 9.80 Å². The van der Waals surface area contributed by atoms with Crippen LogP contribution in [0.1, 0.15) is 44.2 Å². The van der Waals surface area contributed by atoms with Gasteiger partial charge in [0.2, 0.25) is 5.91 Å². The number of hydrogen-bond acceptors (Lipinski definition) is 2. The summed E-state index contributed by atoms with van der Waals surface area (Å²) in [6, 6.07) is 20.0. The monoisotopic (exact) mass is 402 g/mol. The second kappa shape index (κ2) is 8.10. The maximum absolute atomic E-state index is 13.9. The van der Waals surface area contributed by atoms with Gasteiger partial charge in [-0.2, -0.15) is 0 Å². The van der Waals surface area contributed by atoms with Gasteiger partial charge in [0.05, 0.1) is 0 Å². The Morgan fingerprint density at radius 1 is 1.03 bits per heavy atom. The standard InChI is InChI=1S/C26H30N2O2/c1-19(2)17-26(25(30)28-16-10-15-23(28)24(29)27(26)3)18-22(20-11-6-4-7-12-20)21-13-8-5-9-14-21/h4-9,11-14,18-19,23H,10,15-17H2,1-3H3/t23-,26-/m0/s1. The zero-order chi connectivity index (χ0) is 21.3. The summed E-state index contributed by atoms with van der Waals surface area (Å²) in [4.78, 5) is 30.8. The molecule has 4 heteroatoms. The maximum atomic E-state index is 13.9. The average Bonchev–Trinajstić information content (AvgIpc) is 3.25. The molecule has 2 fully saturated rings. The lowest BCUT2D eigenvalue weighted by Crippen LogP contribution is -2.68. The van der Waals surface area contributed by atoms with Crippen LogP contribution in [0.2, 0.25) is 0 Å². The SMILES string of the molecule is CC(C)C[C@]1(C=C(c2ccccc2)c2ccccc2)C(=O)N2CCC[C@H]2C(=O)N1C. The van der Waals surface area contributed by atoms with Crippen LogP contribution in [-0.2, 0) is 9.59 Å². The number of fused-ring (bicyclic) bond motifs is 1. The van der Waals surface area contributed by atoms with Crippen LogP contribution in [0.3, 0.4) is 0 Å². The van der Waals surface area contributed by atoms with Gasteiger partial charge in [-0.3, -0.25) is 9.59 Å². The summed E-state index contributed by atoms with van der Waals surface area (Å²) in [6.45, 7) is 4.90. The minimum Gasteiger partial charge on any atom is -0.328 e. The predicted molar refractivity (Wildman–Crippen MR) is 120 cm³/mol. The van der Waals surface area contributed by atoms with Crippen molar-refractivity contribution in [3.8, 4) is 0 Å². The van der Waals surface area contributed by atoms with E-state index in [-0.39, 0.29) is 23.8 Å². The van der Waals surface area contributed by atoms with Gasteiger partial charge in [-0.25, -0.2) is 0 Å². The van der Waals surface area contributed by atoms with E-state index >= 15 is 0 Å². The fourth-order valence-electron chi connectivity index (χ4n) is 4.95. The number of benzene rings is 2. The van der Waals surface area contributed by atoms with Gasteiger partial charge in [-0.1, -0.05) is 74.5 Å². The number of hydrogen-bond donors (Lipinski definition) is 0. The van der Waals surface area contributed by atoms with E-state index in [4.69, 9.17) is 0 Å². The number of carbonyl (C=O) groups excluding carboxylic acids is 2. The molecule has 0 aliphatic carbocycles. The molecule has 2 amide bonds. The molecular weight excluding hydrogens is 372 g/mol. The van der Waals surface area contributed by atoms with E-state index in [1.807, 2.05) is 48.3 Å². The lowest BCUT2D eigenvalue weighted by molar-refractivity contribution is -0.164. The zero-order valence-electron chi connectivity index (χ0n) is 18.0. The minimum absolute atomic E-state index is 0.0597. The van der Waals surface area contributed by atoms with Crippen LogP contribution >= 0.6 is 0 Å². The minimum atomic E-state index is -0.979. The predicted octanol–water partition coefficient (Wildman–Crippen LogP) is 4.37. The van der Waals surface area contributed by atoms with Gasteiger partial charge in [0, 0.05) is 13.6 Å². The molecule has 0 aromatic heterocycles. The van der Waals surface area contributed by atoms with Crippen LogP contribution in [-0.4, -0.2) is 46.8 Å². The zero-order valence-corrected chi connectivity index (χ0v) is 18.0. The van der Waals surface area contributed by atoms with Gasteiger partial charge in [-0.05, 0) is 48.0 Å². The van der Waals surface area contributed by atoms with Crippen LogP contribution in [0.4, 0.5) is 0 Å². The van der Waals surface area contributed by atoms with Gasteiger partial charge >= 0.3 is 0 Å². The fraction of sp³-hybridized carbons (Fsp3) is 0.385. The third kappa shape index (κ3) is 3.45. The normalized spacial score (nSPS) is 23.7. The molecule has 0 bridgehead atoms. The molecule has 0 radical (unpaired) electrons. The van der Waals surface area contributed by atoms with Crippen molar-refractivity contribution in [2.45, 2.75) is 44.7 Å². The molecule has 2 aromatic rings. The molecule has 2 aliphatic heterocycles. The molecule has 0 unspecified atom stereocenters. The molecule has 30 heavy (non-hydrogen) atoms. The first-order valence-electron chi connectivity index (χ1n) is 10.9. The molecule has 4 nitrogen and oxygen atoms in total. The van der Waals surface area contributed by atoms with Crippen LogP contribution in [0, 0.1) is 5.92 Å². The van der Waals surface area contributed by atoms with Crippen molar-refractivity contribution in [3.63, 3.8) is 0 Å². The Kier molecular flexibility index (Phi) is 5.50. The second-order valence-corrected chi connectivity index (χ2v) is 8.87. The third-order valence-corrected chi connectivity index (χ3v) is 6.37. The largest absolute Gasteiger partial charge is 0.328 e. The Morgan fingerprint density at radius 2 is 1.60 bits per heavy atom. The number of nitrogens with zero attached hydrogens (tertiary/aromatic N) is 2. The van der Waals surface area contributed by atoms with Crippen molar-refractivity contribution in [1.29, 1.82) is 0 Å². The quantitative estimate of drug-likeness (QED) is 0.745. The molecule has 2 heterocycles. The number of carbonyl (C=O) groups is 2. The van der Waals surface area contributed by atoms with Crippen LogP contribution < -0.4 is 0 Å². The van der Waals surface area contributed by atoms with Crippen molar-refractivity contribution < 1.29 is 9.59 Å². The first-order chi connectivity index (χ1) is 14.4. The Morgan fingerprint density at radius 3 is 2.13 bits per heavy atom. The van der Waals surface area contributed by atoms with Crippen molar-refractivity contribution in [2.75, 3.05) is 13.6 Å². The molecular formula is C26H30N2O2. The maximum Gasteiger partial charge on any atom is 0.253 e. The Labute approximate surface area is 179 Å².